The molecule has 9 heteroatoms. The first kappa shape index (κ1) is 21.2. The molecule has 1 aliphatic heterocycles. The molecule has 3 aromatic rings. The van der Waals surface area contributed by atoms with Gasteiger partial charge in [0.05, 0.1) is 26.0 Å². The van der Waals surface area contributed by atoms with Crippen molar-refractivity contribution in [2.24, 2.45) is 0 Å². The molecule has 0 fully saturated rings. The van der Waals surface area contributed by atoms with Crippen LogP contribution >= 0.6 is 7.60 Å². The molecule has 162 valence electrons. The van der Waals surface area contributed by atoms with Crippen molar-refractivity contribution >= 4 is 18.5 Å². The molecule has 0 bridgehead atoms. The van der Waals surface area contributed by atoms with Gasteiger partial charge in [0.25, 0.3) is 0 Å². The average Bonchev–Trinajstić information content (AvgIpc) is 3.24. The minimum Gasteiger partial charge on any atom is -0.338 e. The molecule has 0 spiro atoms. The van der Waals surface area contributed by atoms with E-state index in [-0.39, 0.29) is 6.29 Å². The van der Waals surface area contributed by atoms with Gasteiger partial charge in [-0.1, -0.05) is 16.8 Å². The normalized spacial score (nSPS) is 15.1. The first-order valence-electron chi connectivity index (χ1n) is 10.5. The predicted octanol–water partition coefficient (Wildman–Crippen LogP) is 3.80. The number of aryl methyl sites for hydroxylation is 1. The molecule has 8 nitrogen and oxygen atoms in total. The summed E-state index contributed by atoms with van der Waals surface area (Å²) in [7, 11) is -1.05. The maximum absolute atomic E-state index is 12.8. The van der Waals surface area contributed by atoms with Gasteiger partial charge in [0.2, 0.25) is 0 Å². The highest BCUT2D eigenvalue weighted by atomic mass is 31.2. The second-order valence-corrected chi connectivity index (χ2v) is 9.88. The fourth-order valence-electron chi connectivity index (χ4n) is 4.21. The molecule has 0 unspecified atom stereocenters. The van der Waals surface area contributed by atoms with E-state index in [0.717, 1.165) is 25.2 Å². The van der Waals surface area contributed by atoms with Crippen LogP contribution in [0.25, 0.3) is 10.9 Å². The zero-order valence-corrected chi connectivity index (χ0v) is 19.1. The summed E-state index contributed by atoms with van der Waals surface area (Å²) in [4.78, 5) is 2.36. The van der Waals surface area contributed by atoms with Crippen LogP contribution in [0, 0.1) is 6.92 Å². The van der Waals surface area contributed by atoms with Crippen molar-refractivity contribution in [3.05, 3.63) is 46.9 Å². The second kappa shape index (κ2) is 8.63. The lowest BCUT2D eigenvalue weighted by Gasteiger charge is -2.24. The molecule has 0 saturated carbocycles. The van der Waals surface area contributed by atoms with Gasteiger partial charge in [-0.05, 0) is 45.5 Å². The van der Waals surface area contributed by atoms with Gasteiger partial charge in [-0.15, -0.1) is 5.10 Å². The Morgan fingerprint density at radius 3 is 2.70 bits per heavy atom. The largest absolute Gasteiger partial charge is 0.351 e. The van der Waals surface area contributed by atoms with E-state index in [4.69, 9.17) is 9.05 Å². The summed E-state index contributed by atoms with van der Waals surface area (Å²) < 4.78 is 27.5. The number of hydrogen-bond acceptors (Lipinski definition) is 6. The Bertz CT molecular complexity index is 1080. The molecule has 0 radical (unpaired) electrons. The van der Waals surface area contributed by atoms with Crippen LogP contribution in [0.15, 0.2) is 24.4 Å². The fraction of sp³-hybridized carbons (Fsp3) is 0.524. The third-order valence-corrected chi connectivity index (χ3v) is 7.42. The number of likely N-dealkylation sites (N-methyl/N-ethyl adjacent to an activating group) is 1. The SMILES string of the molecule is CCOP(=O)(Cn1cc(Cn2c3c(c4cc(C)ccc42)CN(C)CC3)nn1)OCC. The van der Waals surface area contributed by atoms with E-state index in [1.165, 1.54) is 27.7 Å². The monoisotopic (exact) mass is 431 g/mol. The molecule has 0 N–H and O–H groups in total. The molecule has 30 heavy (non-hydrogen) atoms. The van der Waals surface area contributed by atoms with E-state index < -0.39 is 7.60 Å². The van der Waals surface area contributed by atoms with Crippen LogP contribution in [0.4, 0.5) is 0 Å². The van der Waals surface area contributed by atoms with Gasteiger partial charge in [0, 0.05) is 36.1 Å². The minimum atomic E-state index is -3.22. The van der Waals surface area contributed by atoms with Gasteiger partial charge >= 0.3 is 7.60 Å². The molecule has 3 heterocycles. The van der Waals surface area contributed by atoms with Gasteiger partial charge in [0.15, 0.2) is 0 Å². The van der Waals surface area contributed by atoms with Crippen LogP contribution in [-0.2, 0) is 39.4 Å². The Labute approximate surface area is 177 Å². The van der Waals surface area contributed by atoms with Crippen LogP contribution < -0.4 is 0 Å². The molecular weight excluding hydrogens is 401 g/mol. The molecule has 1 aromatic carbocycles. The summed E-state index contributed by atoms with van der Waals surface area (Å²) in [6, 6.07) is 6.64. The Hall–Kier alpha value is -1.99. The Balaban J connectivity index is 1.64. The van der Waals surface area contributed by atoms with Gasteiger partial charge in [-0.2, -0.15) is 0 Å². The van der Waals surface area contributed by atoms with Gasteiger partial charge in [-0.3, -0.25) is 4.57 Å². The predicted molar refractivity (Wildman–Crippen MR) is 117 cm³/mol. The summed E-state index contributed by atoms with van der Waals surface area (Å²) in [6.45, 7) is 9.03. The van der Waals surface area contributed by atoms with E-state index in [1.54, 1.807) is 18.5 Å². The van der Waals surface area contributed by atoms with Gasteiger partial charge in [0.1, 0.15) is 12.0 Å². The van der Waals surface area contributed by atoms with Crippen LogP contribution in [-0.4, -0.2) is 51.3 Å². The van der Waals surface area contributed by atoms with Gasteiger partial charge < -0.3 is 18.5 Å². The Morgan fingerprint density at radius 1 is 1.20 bits per heavy atom. The quantitative estimate of drug-likeness (QED) is 0.505. The lowest BCUT2D eigenvalue weighted by Crippen LogP contribution is -2.27. The topological polar surface area (TPSA) is 74.4 Å². The van der Waals surface area contributed by atoms with Crippen molar-refractivity contribution in [2.75, 3.05) is 26.8 Å². The number of hydrogen-bond donors (Lipinski definition) is 0. The Morgan fingerprint density at radius 2 is 1.97 bits per heavy atom. The van der Waals surface area contributed by atoms with E-state index >= 15 is 0 Å². The maximum Gasteiger partial charge on any atom is 0.351 e. The standard InChI is InChI=1S/C21H30N5O3P/c1-5-28-30(27,29-6-2)15-25-12-17(22-23-25)13-26-20-8-7-16(3)11-18(20)19-14-24(4)10-9-21(19)26/h7-8,11-12H,5-6,9-10,13-15H2,1-4H3. The van der Waals surface area contributed by atoms with Crippen molar-refractivity contribution in [1.82, 2.24) is 24.5 Å². The molecule has 0 saturated heterocycles. The summed E-state index contributed by atoms with van der Waals surface area (Å²) in [6.07, 6.45) is 2.92. The van der Waals surface area contributed by atoms with E-state index in [0.29, 0.717) is 19.8 Å². The van der Waals surface area contributed by atoms with Crippen molar-refractivity contribution in [2.45, 2.75) is 46.6 Å². The summed E-state index contributed by atoms with van der Waals surface area (Å²) in [5.41, 5.74) is 6.10. The van der Waals surface area contributed by atoms with Crippen LogP contribution in [0.1, 0.15) is 36.4 Å². The van der Waals surface area contributed by atoms with Crippen molar-refractivity contribution in [1.29, 1.82) is 0 Å². The van der Waals surface area contributed by atoms with Crippen LogP contribution in [0.5, 0.6) is 0 Å². The summed E-state index contributed by atoms with van der Waals surface area (Å²) in [5.74, 6) is 0. The minimum absolute atomic E-state index is 0.0657. The molecular formula is C21H30N5O3P. The number of rotatable bonds is 8. The van der Waals surface area contributed by atoms with E-state index in [9.17, 15) is 4.57 Å². The average molecular weight is 431 g/mol. The van der Waals surface area contributed by atoms with Crippen LogP contribution in [0.3, 0.4) is 0 Å². The number of fused-ring (bicyclic) bond motifs is 3. The summed E-state index contributed by atoms with van der Waals surface area (Å²) >= 11 is 0. The molecule has 1 aliphatic rings. The van der Waals surface area contributed by atoms with Gasteiger partial charge in [-0.25, -0.2) is 4.68 Å². The third kappa shape index (κ3) is 4.23. The highest BCUT2D eigenvalue weighted by Crippen LogP contribution is 2.49. The summed E-state index contributed by atoms with van der Waals surface area (Å²) in [5, 5.41) is 9.83. The highest BCUT2D eigenvalue weighted by Gasteiger charge is 2.26. The Kier molecular flexibility index (Phi) is 6.11. The molecule has 0 aliphatic carbocycles. The molecule has 0 amide bonds. The zero-order valence-electron chi connectivity index (χ0n) is 18.2. The lowest BCUT2D eigenvalue weighted by atomic mass is 10.0. The number of nitrogens with zero attached hydrogens (tertiary/aromatic N) is 5. The van der Waals surface area contributed by atoms with Crippen LogP contribution in [0.2, 0.25) is 0 Å². The lowest BCUT2D eigenvalue weighted by molar-refractivity contribution is 0.213. The molecule has 0 atom stereocenters. The third-order valence-electron chi connectivity index (χ3n) is 5.48. The number of aromatic nitrogens is 4. The van der Waals surface area contributed by atoms with E-state index in [2.05, 4.69) is 51.9 Å². The zero-order chi connectivity index (χ0) is 21.3. The maximum atomic E-state index is 12.8. The highest BCUT2D eigenvalue weighted by molar-refractivity contribution is 7.52. The van der Waals surface area contributed by atoms with Crippen molar-refractivity contribution in [3.8, 4) is 0 Å². The molecule has 2 aromatic heterocycles. The second-order valence-electron chi connectivity index (χ2n) is 7.86. The first-order chi connectivity index (χ1) is 14.4. The fourth-order valence-corrected chi connectivity index (χ4v) is 5.73. The van der Waals surface area contributed by atoms with Crippen molar-refractivity contribution < 1.29 is 13.6 Å². The smallest absolute Gasteiger partial charge is 0.338 e. The van der Waals surface area contributed by atoms with Crippen molar-refractivity contribution in [3.63, 3.8) is 0 Å². The first-order valence-corrected chi connectivity index (χ1v) is 12.2. The molecule has 4 rings (SSSR count). The number of benzene rings is 1. The van der Waals surface area contributed by atoms with E-state index in [1.807, 2.05) is 6.20 Å².